The summed E-state index contributed by atoms with van der Waals surface area (Å²) in [5, 5.41) is 8.26. The normalized spacial score (nSPS) is 17.9. The SMILES string of the molecule is CC(NC(C)c1ccccc1Cl)c1nc(C2CC2)no1. The van der Waals surface area contributed by atoms with Gasteiger partial charge >= 0.3 is 0 Å². The van der Waals surface area contributed by atoms with Crippen molar-refractivity contribution in [1.29, 1.82) is 0 Å². The van der Waals surface area contributed by atoms with E-state index in [-0.39, 0.29) is 12.1 Å². The molecule has 5 heteroatoms. The number of hydrogen-bond acceptors (Lipinski definition) is 4. The van der Waals surface area contributed by atoms with Crippen LogP contribution < -0.4 is 5.32 Å². The van der Waals surface area contributed by atoms with E-state index in [1.54, 1.807) is 0 Å². The van der Waals surface area contributed by atoms with Crippen LogP contribution in [0.1, 0.15) is 62.0 Å². The third-order valence-corrected chi connectivity index (χ3v) is 3.99. The molecule has 3 rings (SSSR count). The van der Waals surface area contributed by atoms with Crippen LogP contribution in [0, 0.1) is 0 Å². The van der Waals surface area contributed by atoms with Gasteiger partial charge < -0.3 is 4.52 Å². The first-order valence-electron chi connectivity index (χ1n) is 6.99. The summed E-state index contributed by atoms with van der Waals surface area (Å²) < 4.78 is 5.34. The van der Waals surface area contributed by atoms with Crippen molar-refractivity contribution in [3.05, 3.63) is 46.6 Å². The maximum Gasteiger partial charge on any atom is 0.243 e. The Labute approximate surface area is 123 Å². The molecular weight excluding hydrogens is 274 g/mol. The molecule has 2 aromatic rings. The van der Waals surface area contributed by atoms with Crippen LogP contribution >= 0.6 is 11.6 Å². The summed E-state index contributed by atoms with van der Waals surface area (Å²) in [4.78, 5) is 4.47. The Morgan fingerprint density at radius 3 is 2.70 bits per heavy atom. The molecular formula is C15H18ClN3O. The number of benzene rings is 1. The number of nitrogens with one attached hydrogen (secondary N) is 1. The van der Waals surface area contributed by atoms with Gasteiger partial charge in [0.25, 0.3) is 0 Å². The Hall–Kier alpha value is -1.39. The van der Waals surface area contributed by atoms with Crippen molar-refractivity contribution in [2.75, 3.05) is 0 Å². The molecule has 0 amide bonds. The van der Waals surface area contributed by atoms with Gasteiger partial charge in [0.2, 0.25) is 5.89 Å². The number of halogens is 1. The topological polar surface area (TPSA) is 51.0 Å². The number of nitrogens with zero attached hydrogens (tertiary/aromatic N) is 2. The van der Waals surface area contributed by atoms with Crippen LogP contribution in [-0.2, 0) is 0 Å². The quantitative estimate of drug-likeness (QED) is 0.904. The van der Waals surface area contributed by atoms with Gasteiger partial charge in [-0.05, 0) is 38.3 Å². The molecule has 20 heavy (non-hydrogen) atoms. The average molecular weight is 292 g/mol. The van der Waals surface area contributed by atoms with Crippen molar-refractivity contribution >= 4 is 11.6 Å². The molecule has 2 unspecified atom stereocenters. The van der Waals surface area contributed by atoms with E-state index >= 15 is 0 Å². The van der Waals surface area contributed by atoms with Gasteiger partial charge in [-0.15, -0.1) is 0 Å². The molecule has 1 heterocycles. The zero-order valence-corrected chi connectivity index (χ0v) is 12.4. The summed E-state index contributed by atoms with van der Waals surface area (Å²) in [6.07, 6.45) is 2.35. The van der Waals surface area contributed by atoms with Gasteiger partial charge in [0, 0.05) is 17.0 Å². The zero-order valence-electron chi connectivity index (χ0n) is 11.6. The van der Waals surface area contributed by atoms with Gasteiger partial charge in [-0.25, -0.2) is 0 Å². The first kappa shape index (κ1) is 13.6. The molecule has 0 saturated heterocycles. The van der Waals surface area contributed by atoms with Crippen molar-refractivity contribution in [2.45, 2.75) is 44.7 Å². The van der Waals surface area contributed by atoms with E-state index in [4.69, 9.17) is 16.1 Å². The highest BCUT2D eigenvalue weighted by Gasteiger charge is 2.29. The van der Waals surface area contributed by atoms with Gasteiger partial charge in [-0.2, -0.15) is 4.98 Å². The van der Waals surface area contributed by atoms with Crippen LogP contribution in [0.3, 0.4) is 0 Å². The van der Waals surface area contributed by atoms with Crippen molar-refractivity contribution in [3.63, 3.8) is 0 Å². The monoisotopic (exact) mass is 291 g/mol. The average Bonchev–Trinajstić information content (AvgIpc) is 3.16. The molecule has 106 valence electrons. The Morgan fingerprint density at radius 2 is 2.00 bits per heavy atom. The molecule has 1 aliphatic rings. The van der Waals surface area contributed by atoms with Crippen LogP contribution in [-0.4, -0.2) is 10.1 Å². The molecule has 1 aliphatic carbocycles. The van der Waals surface area contributed by atoms with Gasteiger partial charge in [-0.1, -0.05) is 35.0 Å². The predicted molar refractivity (Wildman–Crippen MR) is 77.7 cm³/mol. The molecule has 1 N–H and O–H groups in total. The van der Waals surface area contributed by atoms with E-state index in [2.05, 4.69) is 22.4 Å². The zero-order chi connectivity index (χ0) is 14.1. The molecule has 1 fully saturated rings. The molecule has 0 radical (unpaired) electrons. The van der Waals surface area contributed by atoms with Crippen LogP contribution in [0.5, 0.6) is 0 Å². The number of aromatic nitrogens is 2. The van der Waals surface area contributed by atoms with Crippen molar-refractivity contribution < 1.29 is 4.52 Å². The van der Waals surface area contributed by atoms with Crippen LogP contribution in [0.4, 0.5) is 0 Å². The lowest BCUT2D eigenvalue weighted by Gasteiger charge is -2.18. The minimum atomic E-state index is 0.00118. The van der Waals surface area contributed by atoms with Crippen LogP contribution in [0.2, 0.25) is 5.02 Å². The molecule has 0 aliphatic heterocycles. The number of hydrogen-bond donors (Lipinski definition) is 1. The fourth-order valence-corrected chi connectivity index (χ4v) is 2.59. The lowest BCUT2D eigenvalue weighted by Crippen LogP contribution is -2.23. The second-order valence-electron chi connectivity index (χ2n) is 5.40. The molecule has 0 bridgehead atoms. The fourth-order valence-electron chi connectivity index (χ4n) is 2.29. The van der Waals surface area contributed by atoms with Gasteiger partial charge in [-0.3, -0.25) is 5.32 Å². The number of rotatable bonds is 5. The summed E-state index contributed by atoms with van der Waals surface area (Å²) in [5.41, 5.74) is 1.07. The Bertz CT molecular complexity index is 594. The molecule has 1 saturated carbocycles. The largest absolute Gasteiger partial charge is 0.338 e. The van der Waals surface area contributed by atoms with E-state index in [9.17, 15) is 0 Å². The summed E-state index contributed by atoms with van der Waals surface area (Å²) in [7, 11) is 0. The third-order valence-electron chi connectivity index (χ3n) is 3.64. The van der Waals surface area contributed by atoms with Crippen molar-refractivity contribution in [3.8, 4) is 0 Å². The molecule has 0 spiro atoms. The first-order chi connectivity index (χ1) is 9.65. The van der Waals surface area contributed by atoms with Gasteiger partial charge in [0.15, 0.2) is 5.82 Å². The lowest BCUT2D eigenvalue weighted by atomic mass is 10.1. The highest BCUT2D eigenvalue weighted by molar-refractivity contribution is 6.31. The second-order valence-corrected chi connectivity index (χ2v) is 5.80. The minimum absolute atomic E-state index is 0.00118. The lowest BCUT2D eigenvalue weighted by molar-refractivity contribution is 0.325. The molecule has 1 aromatic heterocycles. The maximum atomic E-state index is 6.21. The van der Waals surface area contributed by atoms with Crippen LogP contribution in [0.15, 0.2) is 28.8 Å². The molecule has 2 atom stereocenters. The van der Waals surface area contributed by atoms with Crippen molar-refractivity contribution in [1.82, 2.24) is 15.5 Å². The van der Waals surface area contributed by atoms with Crippen LogP contribution in [0.25, 0.3) is 0 Å². The summed E-state index contributed by atoms with van der Waals surface area (Å²) >= 11 is 6.21. The standard InChI is InChI=1S/C15H18ClN3O/c1-9(12-5-3-4-6-13(12)16)17-10(2)15-18-14(19-20-15)11-7-8-11/h3-6,9-11,17H,7-8H2,1-2H3. The Morgan fingerprint density at radius 1 is 1.25 bits per heavy atom. The third kappa shape index (κ3) is 2.86. The first-order valence-corrected chi connectivity index (χ1v) is 7.37. The summed E-state index contributed by atoms with van der Waals surface area (Å²) in [5.74, 6) is 2.01. The maximum absolute atomic E-state index is 6.21. The summed E-state index contributed by atoms with van der Waals surface area (Å²) in [6.45, 7) is 4.10. The second kappa shape index (κ2) is 5.54. The molecule has 4 nitrogen and oxygen atoms in total. The van der Waals surface area contributed by atoms with Gasteiger partial charge in [0.05, 0.1) is 6.04 Å². The minimum Gasteiger partial charge on any atom is -0.338 e. The highest BCUT2D eigenvalue weighted by atomic mass is 35.5. The highest BCUT2D eigenvalue weighted by Crippen LogP contribution is 2.38. The van der Waals surface area contributed by atoms with Gasteiger partial charge in [0.1, 0.15) is 0 Å². The van der Waals surface area contributed by atoms with E-state index in [0.29, 0.717) is 11.8 Å². The summed E-state index contributed by atoms with van der Waals surface area (Å²) in [6, 6.07) is 7.97. The fraction of sp³-hybridized carbons (Fsp3) is 0.467. The van der Waals surface area contributed by atoms with E-state index < -0.39 is 0 Å². The van der Waals surface area contributed by atoms with E-state index in [1.165, 1.54) is 12.8 Å². The van der Waals surface area contributed by atoms with Crippen molar-refractivity contribution in [2.24, 2.45) is 0 Å². The van der Waals surface area contributed by atoms with E-state index in [1.807, 2.05) is 31.2 Å². The Kier molecular flexibility index (Phi) is 3.76. The molecule has 1 aromatic carbocycles. The predicted octanol–water partition coefficient (Wildman–Crippen LogP) is 4.01. The Balaban J connectivity index is 1.68. The van der Waals surface area contributed by atoms with E-state index in [0.717, 1.165) is 16.4 Å². The smallest absolute Gasteiger partial charge is 0.243 e.